The number of fused-ring (bicyclic) bond motifs is 3. The van der Waals surface area contributed by atoms with Gasteiger partial charge in [-0.2, -0.15) is 0 Å². The SMILES string of the molecule is ONc1nc2cccc(N3C[C@@H]4C[C@H]3CO4)c2s1. The fraction of sp³-hybridized carbons (Fsp3) is 0.417. The summed E-state index contributed by atoms with van der Waals surface area (Å²) in [6, 6.07) is 6.61. The molecule has 6 heteroatoms. The number of nitrogens with one attached hydrogen (secondary N) is 1. The Morgan fingerprint density at radius 1 is 1.50 bits per heavy atom. The summed E-state index contributed by atoms with van der Waals surface area (Å²) in [6.07, 6.45) is 1.51. The molecule has 94 valence electrons. The van der Waals surface area contributed by atoms with Crippen molar-refractivity contribution >= 4 is 32.4 Å². The van der Waals surface area contributed by atoms with Crippen LogP contribution < -0.4 is 10.4 Å². The van der Waals surface area contributed by atoms with E-state index >= 15 is 0 Å². The molecule has 2 fully saturated rings. The minimum Gasteiger partial charge on any atom is -0.374 e. The molecule has 0 unspecified atom stereocenters. The molecular weight excluding hydrogens is 250 g/mol. The lowest BCUT2D eigenvalue weighted by molar-refractivity contribution is 0.0992. The van der Waals surface area contributed by atoms with Gasteiger partial charge in [0, 0.05) is 6.54 Å². The first-order valence-corrected chi connectivity index (χ1v) is 6.84. The van der Waals surface area contributed by atoms with Crippen LogP contribution in [0.3, 0.4) is 0 Å². The van der Waals surface area contributed by atoms with Crippen LogP contribution in [0.15, 0.2) is 18.2 Å². The van der Waals surface area contributed by atoms with Crippen molar-refractivity contribution in [3.8, 4) is 0 Å². The van der Waals surface area contributed by atoms with Gasteiger partial charge >= 0.3 is 0 Å². The van der Waals surface area contributed by atoms with Crippen molar-refractivity contribution in [2.45, 2.75) is 18.6 Å². The summed E-state index contributed by atoms with van der Waals surface area (Å²) in [7, 11) is 0. The second-order valence-corrected chi connectivity index (χ2v) is 5.75. The Hall–Kier alpha value is -1.37. The average molecular weight is 263 g/mol. The van der Waals surface area contributed by atoms with Crippen LogP contribution in [0.1, 0.15) is 6.42 Å². The van der Waals surface area contributed by atoms with E-state index in [0.29, 0.717) is 17.3 Å². The van der Waals surface area contributed by atoms with Crippen molar-refractivity contribution in [1.29, 1.82) is 0 Å². The monoisotopic (exact) mass is 263 g/mol. The van der Waals surface area contributed by atoms with Crippen molar-refractivity contribution in [2.75, 3.05) is 23.5 Å². The quantitative estimate of drug-likeness (QED) is 0.812. The summed E-state index contributed by atoms with van der Waals surface area (Å²) in [5.74, 6) is 0. The number of ether oxygens (including phenoxy) is 1. The molecule has 4 rings (SSSR count). The zero-order valence-corrected chi connectivity index (χ0v) is 10.5. The Labute approximate surface area is 108 Å². The molecule has 2 aliphatic rings. The molecule has 0 radical (unpaired) electrons. The molecule has 3 heterocycles. The van der Waals surface area contributed by atoms with E-state index in [1.54, 1.807) is 0 Å². The third-order valence-electron chi connectivity index (χ3n) is 3.70. The maximum atomic E-state index is 8.96. The van der Waals surface area contributed by atoms with Gasteiger partial charge in [0.05, 0.1) is 34.7 Å². The molecule has 0 amide bonds. The normalized spacial score (nSPS) is 26.2. The molecule has 2 N–H and O–H groups in total. The lowest BCUT2D eigenvalue weighted by Crippen LogP contribution is -2.36. The number of aromatic nitrogens is 1. The van der Waals surface area contributed by atoms with Crippen molar-refractivity contribution in [3.05, 3.63) is 18.2 Å². The Balaban J connectivity index is 1.82. The second-order valence-electron chi connectivity index (χ2n) is 4.75. The van der Waals surface area contributed by atoms with Gasteiger partial charge in [0.15, 0.2) is 0 Å². The predicted octanol–water partition coefficient (Wildman–Crippen LogP) is 2.07. The van der Waals surface area contributed by atoms with Crippen LogP contribution in [-0.2, 0) is 4.74 Å². The van der Waals surface area contributed by atoms with Gasteiger partial charge in [-0.25, -0.2) is 10.5 Å². The van der Waals surface area contributed by atoms with Crippen molar-refractivity contribution in [2.24, 2.45) is 0 Å². The molecule has 1 aromatic carbocycles. The first kappa shape index (κ1) is 10.5. The molecule has 18 heavy (non-hydrogen) atoms. The number of hydrogen-bond donors (Lipinski definition) is 2. The van der Waals surface area contributed by atoms with Gasteiger partial charge in [-0.15, -0.1) is 0 Å². The molecule has 0 saturated carbocycles. The van der Waals surface area contributed by atoms with Crippen LogP contribution in [0.4, 0.5) is 10.8 Å². The van der Waals surface area contributed by atoms with Gasteiger partial charge in [0.1, 0.15) is 0 Å². The lowest BCUT2D eigenvalue weighted by Gasteiger charge is -2.29. The van der Waals surface area contributed by atoms with Crippen LogP contribution in [0.5, 0.6) is 0 Å². The molecule has 2 atom stereocenters. The number of morpholine rings is 1. The number of hydrogen-bond acceptors (Lipinski definition) is 6. The number of thiazole rings is 1. The van der Waals surface area contributed by atoms with E-state index < -0.39 is 0 Å². The van der Waals surface area contributed by atoms with Gasteiger partial charge in [-0.3, -0.25) is 5.21 Å². The predicted molar refractivity (Wildman–Crippen MR) is 70.5 cm³/mol. The molecule has 0 spiro atoms. The molecule has 5 nitrogen and oxygen atoms in total. The van der Waals surface area contributed by atoms with E-state index in [9.17, 15) is 0 Å². The van der Waals surface area contributed by atoms with E-state index in [0.717, 1.165) is 29.8 Å². The van der Waals surface area contributed by atoms with Crippen LogP contribution in [0.25, 0.3) is 10.2 Å². The summed E-state index contributed by atoms with van der Waals surface area (Å²) in [4.78, 5) is 6.74. The molecule has 1 aromatic heterocycles. The fourth-order valence-corrected chi connectivity index (χ4v) is 3.79. The number of anilines is 2. The topological polar surface area (TPSA) is 57.6 Å². The van der Waals surface area contributed by atoms with Gasteiger partial charge in [-0.05, 0) is 18.6 Å². The first-order valence-electron chi connectivity index (χ1n) is 6.03. The van der Waals surface area contributed by atoms with Gasteiger partial charge in [0.25, 0.3) is 0 Å². The minimum absolute atomic E-state index is 0.383. The van der Waals surface area contributed by atoms with E-state index in [1.165, 1.54) is 17.0 Å². The van der Waals surface area contributed by atoms with Gasteiger partial charge in [0.2, 0.25) is 5.13 Å². The standard InChI is InChI=1S/C12H13N3O2S/c16-14-12-13-9-2-1-3-10(11(9)18-12)15-5-8-4-7(15)6-17-8/h1-3,7-8,16H,4-6H2,(H,13,14)/t7-,8-/m0/s1. The molecular formula is C12H13N3O2S. The van der Waals surface area contributed by atoms with Crippen molar-refractivity contribution in [1.82, 2.24) is 4.98 Å². The summed E-state index contributed by atoms with van der Waals surface area (Å²) in [6.45, 7) is 1.79. The Kier molecular flexibility index (Phi) is 2.23. The van der Waals surface area contributed by atoms with E-state index in [4.69, 9.17) is 9.94 Å². The van der Waals surface area contributed by atoms with Crippen LogP contribution in [-0.4, -0.2) is 35.5 Å². The first-order chi connectivity index (χ1) is 8.85. The minimum atomic E-state index is 0.383. The average Bonchev–Trinajstić information content (AvgIpc) is 3.11. The Bertz CT molecular complexity index is 600. The van der Waals surface area contributed by atoms with Crippen molar-refractivity contribution in [3.63, 3.8) is 0 Å². The highest BCUT2D eigenvalue weighted by atomic mass is 32.1. The number of rotatable bonds is 2. The van der Waals surface area contributed by atoms with Gasteiger partial charge < -0.3 is 9.64 Å². The largest absolute Gasteiger partial charge is 0.374 e. The summed E-state index contributed by atoms with van der Waals surface area (Å²) in [5.41, 5.74) is 4.27. The van der Waals surface area contributed by atoms with Crippen LogP contribution in [0.2, 0.25) is 0 Å². The smallest absolute Gasteiger partial charge is 0.207 e. The highest BCUT2D eigenvalue weighted by Crippen LogP contribution is 2.39. The summed E-state index contributed by atoms with van der Waals surface area (Å²) in [5, 5.41) is 9.50. The van der Waals surface area contributed by atoms with E-state index in [2.05, 4.69) is 21.4 Å². The Morgan fingerprint density at radius 2 is 2.44 bits per heavy atom. The number of benzene rings is 1. The lowest BCUT2D eigenvalue weighted by atomic mass is 10.2. The molecule has 2 bridgehead atoms. The summed E-state index contributed by atoms with van der Waals surface area (Å²) >= 11 is 1.48. The molecule has 2 saturated heterocycles. The third-order valence-corrected chi connectivity index (χ3v) is 4.70. The van der Waals surface area contributed by atoms with Crippen molar-refractivity contribution < 1.29 is 9.94 Å². The van der Waals surface area contributed by atoms with Crippen LogP contribution in [0, 0.1) is 0 Å². The zero-order chi connectivity index (χ0) is 12.1. The molecule has 0 aliphatic carbocycles. The molecule has 2 aliphatic heterocycles. The maximum Gasteiger partial charge on any atom is 0.207 e. The Morgan fingerprint density at radius 3 is 3.17 bits per heavy atom. The highest BCUT2D eigenvalue weighted by molar-refractivity contribution is 7.22. The summed E-state index contributed by atoms with van der Waals surface area (Å²) < 4.78 is 6.76. The zero-order valence-electron chi connectivity index (χ0n) is 9.67. The fourth-order valence-electron chi connectivity index (χ4n) is 2.90. The van der Waals surface area contributed by atoms with E-state index in [-0.39, 0.29) is 0 Å². The van der Waals surface area contributed by atoms with E-state index in [1.807, 2.05) is 12.1 Å². The second kappa shape index (κ2) is 3.81. The third kappa shape index (κ3) is 1.43. The highest BCUT2D eigenvalue weighted by Gasteiger charge is 2.39. The number of nitrogens with zero attached hydrogens (tertiary/aromatic N) is 2. The molecule has 2 aromatic rings. The van der Waals surface area contributed by atoms with Gasteiger partial charge in [-0.1, -0.05) is 17.4 Å². The van der Waals surface area contributed by atoms with Crippen LogP contribution >= 0.6 is 11.3 Å². The maximum absolute atomic E-state index is 8.96.